The largest absolute Gasteiger partial charge is 0.461 e. The van der Waals surface area contributed by atoms with Gasteiger partial charge in [-0.3, -0.25) is 10.1 Å². The van der Waals surface area contributed by atoms with Crippen LogP contribution < -0.4 is 10.6 Å². The molecule has 1 aromatic rings. The lowest BCUT2D eigenvalue weighted by Crippen LogP contribution is -2.35. The molecule has 6 heteroatoms. The Labute approximate surface area is 123 Å². The first-order chi connectivity index (χ1) is 9.86. The number of hydrogen-bond donors (Lipinski definition) is 2. The van der Waals surface area contributed by atoms with Crippen LogP contribution in [-0.4, -0.2) is 18.7 Å². The number of amides is 3. The van der Waals surface area contributed by atoms with E-state index in [2.05, 4.69) is 31.4 Å². The zero-order valence-electron chi connectivity index (χ0n) is 12.2. The molecule has 0 aromatic heterocycles. The highest BCUT2D eigenvalue weighted by atomic mass is 16.7. The van der Waals surface area contributed by atoms with E-state index in [1.54, 1.807) is 6.07 Å². The van der Waals surface area contributed by atoms with E-state index in [0.717, 1.165) is 5.56 Å². The number of anilines is 1. The van der Waals surface area contributed by atoms with E-state index < -0.39 is 11.9 Å². The number of nitrogens with one attached hydrogen (secondary N) is 2. The molecule has 0 aliphatic carbocycles. The summed E-state index contributed by atoms with van der Waals surface area (Å²) >= 11 is 0. The fraction of sp³-hybridized carbons (Fsp3) is 0.333. The first kappa shape index (κ1) is 14.9. The molecule has 0 saturated carbocycles. The third-order valence-corrected chi connectivity index (χ3v) is 2.91. The molecule has 21 heavy (non-hydrogen) atoms. The first-order valence-electron chi connectivity index (χ1n) is 6.54. The van der Waals surface area contributed by atoms with E-state index in [0.29, 0.717) is 5.69 Å². The lowest BCUT2D eigenvalue weighted by atomic mass is 9.87. The molecule has 6 nitrogen and oxygen atoms in total. The van der Waals surface area contributed by atoms with Crippen molar-refractivity contribution in [3.63, 3.8) is 0 Å². The van der Waals surface area contributed by atoms with Gasteiger partial charge in [-0.25, -0.2) is 4.79 Å². The number of carbonyl (C=O) groups excluding carboxylic acids is 2. The molecule has 1 aliphatic heterocycles. The van der Waals surface area contributed by atoms with Gasteiger partial charge in [0.1, 0.15) is 6.26 Å². The summed E-state index contributed by atoms with van der Waals surface area (Å²) in [6.07, 6.45) is 1.17. The Balaban J connectivity index is 1.98. The monoisotopic (exact) mass is 290 g/mol. The summed E-state index contributed by atoms with van der Waals surface area (Å²) < 4.78 is 9.63. The van der Waals surface area contributed by atoms with Crippen molar-refractivity contribution in [1.82, 2.24) is 5.32 Å². The smallest absolute Gasteiger partial charge is 0.326 e. The minimum atomic E-state index is -0.642. The van der Waals surface area contributed by atoms with E-state index in [-0.39, 0.29) is 18.0 Å². The van der Waals surface area contributed by atoms with E-state index in [9.17, 15) is 9.59 Å². The molecule has 1 aromatic carbocycles. The van der Waals surface area contributed by atoms with Crippen molar-refractivity contribution in [3.8, 4) is 0 Å². The van der Waals surface area contributed by atoms with Gasteiger partial charge in [-0.2, -0.15) is 0 Å². The number of ether oxygens (including phenoxy) is 2. The highest BCUT2D eigenvalue weighted by Crippen LogP contribution is 2.24. The molecule has 2 rings (SSSR count). The van der Waals surface area contributed by atoms with Crippen molar-refractivity contribution < 1.29 is 19.1 Å². The van der Waals surface area contributed by atoms with Crippen LogP contribution in [0.5, 0.6) is 0 Å². The summed E-state index contributed by atoms with van der Waals surface area (Å²) in [6.45, 7) is 6.23. The molecule has 1 aliphatic rings. The van der Waals surface area contributed by atoms with Gasteiger partial charge in [-0.1, -0.05) is 32.9 Å². The molecule has 0 atom stereocenters. The molecule has 0 spiro atoms. The highest BCUT2D eigenvalue weighted by molar-refractivity contribution is 6.06. The number of imide groups is 1. The maximum atomic E-state index is 11.8. The van der Waals surface area contributed by atoms with Crippen LogP contribution in [0.1, 0.15) is 26.3 Å². The molecule has 3 amide bonds. The Morgan fingerprint density at radius 1 is 1.24 bits per heavy atom. The van der Waals surface area contributed by atoms with Gasteiger partial charge in [0.2, 0.25) is 12.6 Å². The van der Waals surface area contributed by atoms with Crippen LogP contribution in [0.15, 0.2) is 36.3 Å². The average Bonchev–Trinajstić information content (AvgIpc) is 2.91. The molecule has 0 unspecified atom stereocenters. The molecule has 0 fully saturated rings. The maximum absolute atomic E-state index is 11.8. The SMILES string of the molecule is CC(C)(C)c1cccc(NC(=O)NC(=O)C2=COCO2)c1. The van der Waals surface area contributed by atoms with Crippen molar-refractivity contribution in [2.75, 3.05) is 12.1 Å². The van der Waals surface area contributed by atoms with Crippen LogP contribution in [0, 0.1) is 0 Å². The van der Waals surface area contributed by atoms with Crippen LogP contribution in [0.25, 0.3) is 0 Å². The van der Waals surface area contributed by atoms with Gasteiger partial charge in [0.15, 0.2) is 0 Å². The van der Waals surface area contributed by atoms with Gasteiger partial charge in [-0.15, -0.1) is 0 Å². The summed E-state index contributed by atoms with van der Waals surface area (Å²) in [7, 11) is 0. The zero-order chi connectivity index (χ0) is 15.5. The second kappa shape index (κ2) is 5.87. The standard InChI is InChI=1S/C15H18N2O4/c1-15(2,3)10-5-4-6-11(7-10)16-14(19)17-13(18)12-8-20-9-21-12/h4-8H,9H2,1-3H3,(H2,16,17,18,19). The topological polar surface area (TPSA) is 76.7 Å². The average molecular weight is 290 g/mol. The van der Waals surface area contributed by atoms with Crippen LogP contribution in [0.2, 0.25) is 0 Å². The second-order valence-electron chi connectivity index (χ2n) is 5.65. The van der Waals surface area contributed by atoms with E-state index >= 15 is 0 Å². The summed E-state index contributed by atoms with van der Waals surface area (Å²) in [5, 5.41) is 4.78. The lowest BCUT2D eigenvalue weighted by Gasteiger charge is -2.19. The number of rotatable bonds is 2. The fourth-order valence-corrected chi connectivity index (χ4v) is 1.75. The van der Waals surface area contributed by atoms with Crippen molar-refractivity contribution >= 4 is 17.6 Å². The fourth-order valence-electron chi connectivity index (χ4n) is 1.75. The predicted octanol–water partition coefficient (Wildman–Crippen LogP) is 2.48. The Hall–Kier alpha value is -2.50. The second-order valence-corrected chi connectivity index (χ2v) is 5.65. The minimum Gasteiger partial charge on any atom is -0.461 e. The molecule has 2 N–H and O–H groups in total. The summed E-state index contributed by atoms with van der Waals surface area (Å²) in [4.78, 5) is 23.4. The quantitative estimate of drug-likeness (QED) is 0.877. The summed E-state index contributed by atoms with van der Waals surface area (Å²) in [5.74, 6) is -0.662. The van der Waals surface area contributed by atoms with Crippen molar-refractivity contribution in [3.05, 3.63) is 41.9 Å². The molecule has 112 valence electrons. The highest BCUT2D eigenvalue weighted by Gasteiger charge is 2.19. The van der Waals surface area contributed by atoms with Crippen molar-refractivity contribution in [2.45, 2.75) is 26.2 Å². The lowest BCUT2D eigenvalue weighted by molar-refractivity contribution is -0.119. The predicted molar refractivity (Wildman–Crippen MR) is 77.4 cm³/mol. The van der Waals surface area contributed by atoms with Gasteiger partial charge in [0.05, 0.1) is 0 Å². The van der Waals surface area contributed by atoms with E-state index in [1.165, 1.54) is 6.26 Å². The van der Waals surface area contributed by atoms with E-state index in [1.807, 2.05) is 18.2 Å². The number of carbonyl (C=O) groups is 2. The van der Waals surface area contributed by atoms with Crippen LogP contribution in [0.4, 0.5) is 10.5 Å². The van der Waals surface area contributed by atoms with Crippen LogP contribution in [-0.2, 0) is 19.7 Å². The van der Waals surface area contributed by atoms with Crippen molar-refractivity contribution in [2.24, 2.45) is 0 Å². The van der Waals surface area contributed by atoms with E-state index in [4.69, 9.17) is 9.47 Å². The van der Waals surface area contributed by atoms with Crippen LogP contribution in [0.3, 0.4) is 0 Å². The maximum Gasteiger partial charge on any atom is 0.326 e. The number of benzene rings is 1. The molecule has 0 bridgehead atoms. The molecule has 0 saturated heterocycles. The Bertz CT molecular complexity index is 588. The third-order valence-electron chi connectivity index (χ3n) is 2.91. The molecular weight excluding hydrogens is 272 g/mol. The third kappa shape index (κ3) is 3.98. The number of hydrogen-bond acceptors (Lipinski definition) is 4. The minimum absolute atomic E-state index is 0.0159. The zero-order valence-corrected chi connectivity index (χ0v) is 12.2. The molecule has 0 radical (unpaired) electrons. The molecular formula is C15H18N2O4. The molecule has 1 heterocycles. The summed E-state index contributed by atoms with van der Waals surface area (Å²) in [5.41, 5.74) is 1.68. The van der Waals surface area contributed by atoms with Crippen molar-refractivity contribution in [1.29, 1.82) is 0 Å². The van der Waals surface area contributed by atoms with Gasteiger partial charge in [0.25, 0.3) is 5.91 Å². The Morgan fingerprint density at radius 3 is 2.62 bits per heavy atom. The Kier molecular flexibility index (Phi) is 4.16. The first-order valence-corrected chi connectivity index (χ1v) is 6.54. The summed E-state index contributed by atoms with van der Waals surface area (Å²) in [6, 6.07) is 6.85. The van der Waals surface area contributed by atoms with Gasteiger partial charge >= 0.3 is 6.03 Å². The van der Waals surface area contributed by atoms with Crippen LogP contribution >= 0.6 is 0 Å². The number of urea groups is 1. The van der Waals surface area contributed by atoms with Gasteiger partial charge < -0.3 is 14.8 Å². The van der Waals surface area contributed by atoms with Gasteiger partial charge in [-0.05, 0) is 23.1 Å². The van der Waals surface area contributed by atoms with Gasteiger partial charge in [0, 0.05) is 5.69 Å². The Morgan fingerprint density at radius 2 is 2.00 bits per heavy atom. The normalized spacial score (nSPS) is 13.8.